The number of ether oxygens (including phenoxy) is 1. The molecule has 1 aromatic carbocycles. The van der Waals surface area contributed by atoms with Crippen LogP contribution < -0.4 is 4.74 Å². The third-order valence-corrected chi connectivity index (χ3v) is 2.97. The van der Waals surface area contributed by atoms with Crippen molar-refractivity contribution in [3.05, 3.63) is 29.3 Å². The molecule has 1 nitrogen and oxygen atoms in total. The van der Waals surface area contributed by atoms with E-state index in [0.29, 0.717) is 0 Å². The van der Waals surface area contributed by atoms with Gasteiger partial charge in [-0.3, -0.25) is 0 Å². The van der Waals surface area contributed by atoms with Crippen molar-refractivity contribution in [1.29, 1.82) is 0 Å². The van der Waals surface area contributed by atoms with Gasteiger partial charge in [-0.2, -0.15) is 18.2 Å². The van der Waals surface area contributed by atoms with Crippen molar-refractivity contribution < 1.29 is 21.1 Å². The van der Waals surface area contributed by atoms with Crippen LogP contribution in [0, 0.1) is 6.07 Å². The van der Waals surface area contributed by atoms with Crippen molar-refractivity contribution in [2.75, 3.05) is 0 Å². The molecule has 0 amide bonds. The summed E-state index contributed by atoms with van der Waals surface area (Å²) in [6, 6.07) is 7.42. The summed E-state index contributed by atoms with van der Waals surface area (Å²) < 4.78 is 6.30. The zero-order valence-electron chi connectivity index (χ0n) is 15.1. The molecular formula is C18H29BrOZn. The Balaban J connectivity index is 0.00000191. The van der Waals surface area contributed by atoms with Crippen molar-refractivity contribution in [3.8, 4) is 5.75 Å². The number of rotatable bonds is 1. The van der Waals surface area contributed by atoms with Crippen LogP contribution in [-0.2, 0) is 27.2 Å². The summed E-state index contributed by atoms with van der Waals surface area (Å²) in [7, 11) is 0. The Morgan fingerprint density at radius 1 is 0.810 bits per heavy atom. The van der Waals surface area contributed by atoms with E-state index >= 15 is 0 Å². The van der Waals surface area contributed by atoms with E-state index in [-0.39, 0.29) is 16.4 Å². The van der Waals surface area contributed by atoms with Gasteiger partial charge in [0.15, 0.2) is 0 Å². The van der Waals surface area contributed by atoms with Crippen LogP contribution in [0.5, 0.6) is 5.75 Å². The normalized spacial score (nSPS) is 12.6. The first-order valence-corrected chi connectivity index (χ1v) is 14.3. The first kappa shape index (κ1) is 21.1. The topological polar surface area (TPSA) is 9.23 Å². The number of hydrogen-bond acceptors (Lipinski definition) is 1. The van der Waals surface area contributed by atoms with E-state index in [0.717, 1.165) is 5.75 Å². The molecular weight excluding hydrogens is 377 g/mol. The third kappa shape index (κ3) is 6.82. The number of benzene rings is 1. The van der Waals surface area contributed by atoms with Gasteiger partial charge in [-0.15, -0.1) is 11.1 Å². The zero-order chi connectivity index (χ0) is 17.1. The Morgan fingerprint density at radius 3 is 1.38 bits per heavy atom. The molecule has 0 aliphatic heterocycles. The molecule has 1 rings (SSSR count). The third-order valence-electron chi connectivity index (χ3n) is 2.97. The molecule has 0 N–H and O–H groups in total. The van der Waals surface area contributed by atoms with E-state index in [4.69, 9.17) is 4.74 Å². The predicted molar refractivity (Wildman–Crippen MR) is 92.0 cm³/mol. The Labute approximate surface area is 148 Å². The van der Waals surface area contributed by atoms with Crippen molar-refractivity contribution in [3.63, 3.8) is 0 Å². The molecule has 0 atom stereocenters. The second-order valence-electron chi connectivity index (χ2n) is 8.33. The fourth-order valence-corrected chi connectivity index (χ4v) is 2.01. The van der Waals surface area contributed by atoms with E-state index in [1.807, 2.05) is 0 Å². The standard InChI is InChI=1S/C18H29O.BrH.Zn/c1-16(2,3)13-11-10-12-14(17(4,5)6)15(13)19-18(7,8)9;;/h11-12H,1-9H3;1H;/q-1;;+2/p-1. The van der Waals surface area contributed by atoms with E-state index in [1.165, 1.54) is 27.5 Å². The molecule has 0 bridgehead atoms. The Kier molecular flexibility index (Phi) is 7.64. The molecule has 0 aromatic heterocycles. The van der Waals surface area contributed by atoms with E-state index in [2.05, 4.69) is 94.1 Å². The fraction of sp³-hybridized carbons (Fsp3) is 0.667. The van der Waals surface area contributed by atoms with Crippen LogP contribution in [0.3, 0.4) is 0 Å². The first-order valence-electron chi connectivity index (χ1n) is 7.33. The van der Waals surface area contributed by atoms with Gasteiger partial charge in [0.2, 0.25) is 0 Å². The minimum atomic E-state index is -0.193. The average molecular weight is 407 g/mol. The summed E-state index contributed by atoms with van der Waals surface area (Å²) in [5, 5.41) is 0. The zero-order valence-corrected chi connectivity index (χ0v) is 19.7. The molecule has 0 heterocycles. The predicted octanol–water partition coefficient (Wildman–Crippen LogP) is 6.10. The van der Waals surface area contributed by atoms with E-state index in [9.17, 15) is 0 Å². The molecule has 116 valence electrons. The molecule has 0 aliphatic rings. The van der Waals surface area contributed by atoms with Crippen molar-refractivity contribution >= 4 is 13.6 Å². The van der Waals surface area contributed by atoms with Gasteiger partial charge < -0.3 is 4.74 Å². The second-order valence-corrected chi connectivity index (χ2v) is 8.33. The van der Waals surface area contributed by atoms with Gasteiger partial charge in [0.05, 0.1) is 5.60 Å². The van der Waals surface area contributed by atoms with Gasteiger partial charge in [0.25, 0.3) is 0 Å². The molecule has 0 fully saturated rings. The molecule has 1 aromatic rings. The Hall–Kier alpha value is 0.123. The van der Waals surface area contributed by atoms with Crippen LogP contribution in [0.25, 0.3) is 0 Å². The van der Waals surface area contributed by atoms with Crippen LogP contribution in [-0.4, -0.2) is 5.60 Å². The van der Waals surface area contributed by atoms with Crippen LogP contribution in [0.1, 0.15) is 73.4 Å². The van der Waals surface area contributed by atoms with E-state index in [1.54, 1.807) is 0 Å². The van der Waals surface area contributed by atoms with Crippen molar-refractivity contribution in [2.45, 2.75) is 78.7 Å². The number of halogens is 1. The minimum absolute atomic E-state index is 0.0539. The summed E-state index contributed by atoms with van der Waals surface area (Å²) in [5.41, 5.74) is 2.38. The molecule has 0 unspecified atom stereocenters. The maximum atomic E-state index is 6.30. The molecule has 0 spiro atoms. The van der Waals surface area contributed by atoms with Crippen LogP contribution in [0.2, 0.25) is 0 Å². The van der Waals surface area contributed by atoms with Gasteiger partial charge >= 0.3 is 30.0 Å². The van der Waals surface area contributed by atoms with Gasteiger partial charge in [-0.05, 0) is 20.8 Å². The van der Waals surface area contributed by atoms with Crippen LogP contribution in [0.4, 0.5) is 0 Å². The number of hydrogen-bond donors (Lipinski definition) is 0. The Morgan fingerprint density at radius 2 is 1.14 bits per heavy atom. The van der Waals surface area contributed by atoms with Gasteiger partial charge in [-0.1, -0.05) is 52.4 Å². The Bertz CT molecular complexity index is 416. The van der Waals surface area contributed by atoms with Gasteiger partial charge in [-0.25, -0.2) is 0 Å². The van der Waals surface area contributed by atoms with Crippen LogP contribution in [0.15, 0.2) is 12.1 Å². The van der Waals surface area contributed by atoms with Crippen molar-refractivity contribution in [2.24, 2.45) is 0 Å². The van der Waals surface area contributed by atoms with Gasteiger partial charge in [0.1, 0.15) is 0 Å². The average Bonchev–Trinajstić information content (AvgIpc) is 2.26. The monoisotopic (exact) mass is 404 g/mol. The SMILES string of the molecule is CC(C)(C)Oc1c(C(C)(C)C)c[c-]cc1C(C)(C)C.[Zn+][Br]. The van der Waals surface area contributed by atoms with Crippen molar-refractivity contribution in [1.82, 2.24) is 0 Å². The first-order chi connectivity index (χ1) is 9.32. The molecule has 0 aliphatic carbocycles. The summed E-state index contributed by atoms with van der Waals surface area (Å²) in [6.07, 6.45) is 0. The maximum absolute atomic E-state index is 6.30. The summed E-state index contributed by atoms with van der Waals surface area (Å²) >= 11 is 4.25. The quantitative estimate of drug-likeness (QED) is 0.404. The van der Waals surface area contributed by atoms with Gasteiger partial charge in [0, 0.05) is 5.75 Å². The van der Waals surface area contributed by atoms with E-state index < -0.39 is 0 Å². The summed E-state index contributed by atoms with van der Waals surface area (Å²) in [4.78, 5) is 0. The molecule has 3 heteroatoms. The molecule has 0 saturated carbocycles. The molecule has 21 heavy (non-hydrogen) atoms. The summed E-state index contributed by atoms with van der Waals surface area (Å²) in [6.45, 7) is 19.6. The molecule has 0 saturated heterocycles. The second kappa shape index (κ2) is 7.60. The summed E-state index contributed by atoms with van der Waals surface area (Å²) in [5.74, 6) is 1.03. The molecule has 0 radical (unpaired) electrons. The fourth-order valence-electron chi connectivity index (χ4n) is 2.01. The van der Waals surface area contributed by atoms with Crippen LogP contribution >= 0.6 is 13.6 Å².